The van der Waals surface area contributed by atoms with Crippen LogP contribution in [0.1, 0.15) is 25.7 Å². The fourth-order valence-corrected chi connectivity index (χ4v) is 2.64. The van der Waals surface area contributed by atoms with Crippen LogP contribution in [0.15, 0.2) is 28.7 Å². The molecule has 1 unspecified atom stereocenters. The molecule has 3 nitrogen and oxygen atoms in total. The molecule has 0 radical (unpaired) electrons. The molecule has 1 aromatic carbocycles. The molecule has 0 heterocycles. The lowest BCUT2D eigenvalue weighted by Crippen LogP contribution is -3.00. The second-order valence-corrected chi connectivity index (χ2v) is 5.64. The number of para-hydroxylation sites is 1. The van der Waals surface area contributed by atoms with Gasteiger partial charge in [0.05, 0.1) is 4.47 Å². The van der Waals surface area contributed by atoms with Crippen molar-refractivity contribution < 1.29 is 22.3 Å². The molecule has 1 aromatic rings. The maximum absolute atomic E-state index is 9.86. The van der Waals surface area contributed by atoms with Gasteiger partial charge in [0.1, 0.15) is 18.5 Å². The van der Waals surface area contributed by atoms with E-state index in [1.54, 1.807) is 0 Å². The first-order chi connectivity index (χ1) is 8.75. The molecule has 0 aromatic heterocycles. The van der Waals surface area contributed by atoms with E-state index in [0.717, 1.165) is 10.2 Å². The highest BCUT2D eigenvalue weighted by atomic mass is 79.9. The van der Waals surface area contributed by atoms with Crippen molar-refractivity contribution in [3.63, 3.8) is 0 Å². The summed E-state index contributed by atoms with van der Waals surface area (Å²) in [7, 11) is 0. The van der Waals surface area contributed by atoms with Gasteiger partial charge in [0.25, 0.3) is 0 Å². The summed E-state index contributed by atoms with van der Waals surface area (Å²) < 4.78 is 6.49. The minimum atomic E-state index is -0.460. The first kappa shape index (κ1) is 16.8. The summed E-state index contributed by atoms with van der Waals surface area (Å²) in [5.41, 5.74) is 0. The number of hydrogen-bond donors (Lipinski definition) is 2. The zero-order chi connectivity index (χ0) is 12.8. The molecule has 2 rings (SSSR count). The van der Waals surface area contributed by atoms with Crippen LogP contribution in [0.5, 0.6) is 5.75 Å². The Labute approximate surface area is 129 Å². The smallest absolute Gasteiger partial charge is 0.133 e. The van der Waals surface area contributed by atoms with Crippen LogP contribution < -0.4 is 22.5 Å². The molecule has 2 N–H and O–H groups in total. The van der Waals surface area contributed by atoms with Crippen LogP contribution in [0.3, 0.4) is 0 Å². The van der Waals surface area contributed by atoms with E-state index < -0.39 is 6.10 Å². The Morgan fingerprint density at radius 3 is 2.68 bits per heavy atom. The number of benzene rings is 1. The molecular weight excluding hydrogens is 330 g/mol. The largest absolute Gasteiger partial charge is 1.00 e. The summed E-state index contributed by atoms with van der Waals surface area (Å²) in [6.45, 7) is 0.928. The third-order valence-electron chi connectivity index (χ3n) is 3.27. The van der Waals surface area contributed by atoms with E-state index in [0.29, 0.717) is 19.2 Å². The number of hydrogen-bond acceptors (Lipinski definition) is 3. The lowest BCUT2D eigenvalue weighted by atomic mass is 10.2. The van der Waals surface area contributed by atoms with Gasteiger partial charge in [-0.1, -0.05) is 25.0 Å². The normalized spacial score (nSPS) is 16.9. The van der Waals surface area contributed by atoms with E-state index >= 15 is 0 Å². The third-order valence-corrected chi connectivity index (χ3v) is 3.92. The van der Waals surface area contributed by atoms with Gasteiger partial charge < -0.3 is 27.6 Å². The van der Waals surface area contributed by atoms with Crippen LogP contribution in [0.25, 0.3) is 0 Å². The Kier molecular flexibility index (Phi) is 7.76. The topological polar surface area (TPSA) is 41.5 Å². The Bertz CT molecular complexity index is 372. The van der Waals surface area contributed by atoms with Crippen molar-refractivity contribution in [2.45, 2.75) is 37.8 Å². The molecule has 0 spiro atoms. The highest BCUT2D eigenvalue weighted by Crippen LogP contribution is 2.23. The molecule has 108 valence electrons. The van der Waals surface area contributed by atoms with Gasteiger partial charge in [-0.3, -0.25) is 0 Å². The van der Waals surface area contributed by atoms with Crippen molar-refractivity contribution in [2.24, 2.45) is 0 Å². The molecule has 19 heavy (non-hydrogen) atoms. The Hall–Kier alpha value is -0.290. The number of halogens is 2. The standard InChI is InChI=1S/C14H20BrNO2.ClH/c15-13-7-3-4-8-14(13)18-10-12(17)9-16-11-5-1-2-6-11;/h3-4,7-8,11-12,16-17H,1-2,5-6,9-10H2;1H/p-1. The Morgan fingerprint density at radius 2 is 2.00 bits per heavy atom. The molecule has 1 aliphatic rings. The number of nitrogens with one attached hydrogen (secondary N) is 1. The van der Waals surface area contributed by atoms with Gasteiger partial charge in [-0.15, -0.1) is 0 Å². The molecule has 1 saturated carbocycles. The quantitative estimate of drug-likeness (QED) is 0.743. The minimum absolute atomic E-state index is 0. The highest BCUT2D eigenvalue weighted by molar-refractivity contribution is 9.10. The summed E-state index contributed by atoms with van der Waals surface area (Å²) in [5.74, 6) is 0.775. The predicted octanol–water partition coefficient (Wildman–Crippen LogP) is -0.275. The van der Waals surface area contributed by atoms with Gasteiger partial charge >= 0.3 is 0 Å². The van der Waals surface area contributed by atoms with Crippen molar-refractivity contribution in [2.75, 3.05) is 13.2 Å². The zero-order valence-corrected chi connectivity index (χ0v) is 13.2. The molecular formula is C14H20BrClNO2-. The number of rotatable bonds is 6. The zero-order valence-electron chi connectivity index (χ0n) is 10.8. The number of aliphatic hydroxyl groups is 1. The fraction of sp³-hybridized carbons (Fsp3) is 0.571. The van der Waals surface area contributed by atoms with Crippen LogP contribution in [0.4, 0.5) is 0 Å². The second-order valence-electron chi connectivity index (χ2n) is 4.78. The molecule has 0 bridgehead atoms. The number of ether oxygens (including phenoxy) is 1. The van der Waals surface area contributed by atoms with Crippen molar-refractivity contribution in [3.05, 3.63) is 28.7 Å². The Morgan fingerprint density at radius 1 is 1.32 bits per heavy atom. The lowest BCUT2D eigenvalue weighted by molar-refractivity contribution is -0.00000540. The van der Waals surface area contributed by atoms with Gasteiger partial charge in [-0.2, -0.15) is 0 Å². The van der Waals surface area contributed by atoms with Crippen LogP contribution in [0, 0.1) is 0 Å². The lowest BCUT2D eigenvalue weighted by Gasteiger charge is -2.17. The van der Waals surface area contributed by atoms with Crippen molar-refractivity contribution >= 4 is 15.9 Å². The molecule has 0 saturated heterocycles. The summed E-state index contributed by atoms with van der Waals surface area (Å²) >= 11 is 3.42. The monoisotopic (exact) mass is 348 g/mol. The summed E-state index contributed by atoms with van der Waals surface area (Å²) in [4.78, 5) is 0. The van der Waals surface area contributed by atoms with E-state index in [1.165, 1.54) is 25.7 Å². The van der Waals surface area contributed by atoms with Crippen molar-refractivity contribution in [1.82, 2.24) is 5.32 Å². The van der Waals surface area contributed by atoms with E-state index in [1.807, 2.05) is 24.3 Å². The van der Waals surface area contributed by atoms with E-state index in [-0.39, 0.29) is 12.4 Å². The molecule has 0 amide bonds. The van der Waals surface area contributed by atoms with Crippen LogP contribution in [-0.4, -0.2) is 30.4 Å². The minimum Gasteiger partial charge on any atom is -1.00 e. The van der Waals surface area contributed by atoms with Gasteiger partial charge in [-0.05, 0) is 40.9 Å². The number of aliphatic hydroxyl groups excluding tert-OH is 1. The average Bonchev–Trinajstić information content (AvgIpc) is 2.88. The Balaban J connectivity index is 0.00000180. The van der Waals surface area contributed by atoms with E-state index in [2.05, 4.69) is 21.2 Å². The highest BCUT2D eigenvalue weighted by Gasteiger charge is 2.15. The fourth-order valence-electron chi connectivity index (χ4n) is 2.24. The van der Waals surface area contributed by atoms with Gasteiger partial charge in [0.15, 0.2) is 0 Å². The molecule has 1 atom stereocenters. The van der Waals surface area contributed by atoms with Crippen LogP contribution in [-0.2, 0) is 0 Å². The molecule has 0 aliphatic heterocycles. The summed E-state index contributed by atoms with van der Waals surface area (Å²) in [5, 5.41) is 13.2. The van der Waals surface area contributed by atoms with Crippen molar-refractivity contribution in [1.29, 1.82) is 0 Å². The third kappa shape index (κ3) is 5.69. The van der Waals surface area contributed by atoms with E-state index in [9.17, 15) is 5.11 Å². The summed E-state index contributed by atoms with van der Waals surface area (Å²) in [6, 6.07) is 8.26. The van der Waals surface area contributed by atoms with E-state index in [4.69, 9.17) is 4.74 Å². The average molecular weight is 350 g/mol. The van der Waals surface area contributed by atoms with Gasteiger partial charge in [0, 0.05) is 12.6 Å². The first-order valence-electron chi connectivity index (χ1n) is 6.54. The maximum Gasteiger partial charge on any atom is 0.133 e. The first-order valence-corrected chi connectivity index (χ1v) is 7.34. The van der Waals surface area contributed by atoms with Gasteiger partial charge in [-0.25, -0.2) is 0 Å². The van der Waals surface area contributed by atoms with Crippen LogP contribution >= 0.6 is 15.9 Å². The second kappa shape index (κ2) is 8.80. The maximum atomic E-state index is 9.86. The summed E-state index contributed by atoms with van der Waals surface area (Å²) in [6.07, 6.45) is 4.62. The SMILES string of the molecule is OC(CNC1CCCC1)COc1ccccc1Br.[Cl-]. The van der Waals surface area contributed by atoms with Crippen molar-refractivity contribution in [3.8, 4) is 5.75 Å². The molecule has 1 aliphatic carbocycles. The van der Waals surface area contributed by atoms with Crippen LogP contribution in [0.2, 0.25) is 0 Å². The predicted molar refractivity (Wildman–Crippen MR) is 75.9 cm³/mol. The van der Waals surface area contributed by atoms with Gasteiger partial charge in [0.2, 0.25) is 0 Å². The molecule has 5 heteroatoms. The molecule has 1 fully saturated rings.